The van der Waals surface area contributed by atoms with Crippen molar-refractivity contribution in [2.24, 2.45) is 0 Å². The Bertz CT molecular complexity index is 2370. The Morgan fingerprint density at radius 2 is 0.761 bits per heavy atom. The van der Waals surface area contributed by atoms with E-state index in [1.807, 2.05) is 0 Å². The van der Waals surface area contributed by atoms with Crippen LogP contribution in [0.15, 0.2) is 97.1 Å². The Morgan fingerprint density at radius 1 is 0.388 bits per heavy atom. The number of rotatable bonds is 25. The van der Waals surface area contributed by atoms with Gasteiger partial charge in [0, 0.05) is 5.56 Å². The average molecular weight is 921 g/mol. The molecular weight excluding hydrogens is 836 g/mol. The van der Waals surface area contributed by atoms with Crippen LogP contribution >= 0.6 is 8.60 Å². The van der Waals surface area contributed by atoms with Gasteiger partial charge >= 0.3 is 8.60 Å². The molecular formula is C63H85O3P. The van der Waals surface area contributed by atoms with Crippen LogP contribution in [0, 0.1) is 6.92 Å². The number of hydrogen-bond acceptors (Lipinski definition) is 3. The van der Waals surface area contributed by atoms with Crippen LogP contribution in [0.3, 0.4) is 0 Å². The lowest BCUT2D eigenvalue weighted by Crippen LogP contribution is -2.09. The summed E-state index contributed by atoms with van der Waals surface area (Å²) in [5.41, 5.74) is 11.5. The van der Waals surface area contributed by atoms with Crippen LogP contribution < -0.4 is 13.6 Å². The highest BCUT2D eigenvalue weighted by atomic mass is 31.2. The van der Waals surface area contributed by atoms with Crippen molar-refractivity contribution in [2.75, 3.05) is 0 Å². The molecule has 3 nitrogen and oxygen atoms in total. The summed E-state index contributed by atoms with van der Waals surface area (Å²) in [7, 11) is -2.02. The number of para-hydroxylation sites is 1. The summed E-state index contributed by atoms with van der Waals surface area (Å²) >= 11 is 0. The van der Waals surface area contributed by atoms with Gasteiger partial charge in [-0.05, 0) is 172 Å². The number of hydrogen-bond donors (Lipinski definition) is 0. The molecule has 0 aliphatic rings. The summed E-state index contributed by atoms with van der Waals surface area (Å²) in [6, 6.07) is 36.7. The molecule has 0 N–H and O–H groups in total. The van der Waals surface area contributed by atoms with Gasteiger partial charge in [-0.3, -0.25) is 0 Å². The molecule has 0 radical (unpaired) electrons. The Kier molecular flexibility index (Phi) is 19.3. The predicted octanol–water partition coefficient (Wildman–Crippen LogP) is 21.2. The van der Waals surface area contributed by atoms with Crippen LogP contribution in [-0.2, 0) is 0 Å². The molecule has 0 saturated heterocycles. The van der Waals surface area contributed by atoms with E-state index < -0.39 is 8.60 Å². The Balaban J connectivity index is 1.60. The van der Waals surface area contributed by atoms with Crippen molar-refractivity contribution in [2.45, 2.75) is 203 Å². The second kappa shape index (κ2) is 24.8. The molecule has 0 aliphatic heterocycles. The number of fused-ring (bicyclic) bond motifs is 2. The highest BCUT2D eigenvalue weighted by Crippen LogP contribution is 2.51. The Labute approximate surface area is 408 Å². The van der Waals surface area contributed by atoms with E-state index in [4.69, 9.17) is 13.6 Å². The minimum absolute atomic E-state index is 0.280. The van der Waals surface area contributed by atoms with Crippen molar-refractivity contribution in [1.29, 1.82) is 0 Å². The fourth-order valence-corrected chi connectivity index (χ4v) is 11.7. The Morgan fingerprint density at radius 3 is 1.18 bits per heavy atom. The predicted molar refractivity (Wildman–Crippen MR) is 293 cm³/mol. The normalized spacial score (nSPS) is 14.9. The van der Waals surface area contributed by atoms with E-state index in [1.165, 1.54) is 86.2 Å². The zero-order chi connectivity index (χ0) is 48.2. The fourth-order valence-electron chi connectivity index (χ4n) is 10.6. The smallest absolute Gasteiger partial charge is 0.408 e. The van der Waals surface area contributed by atoms with E-state index in [0.717, 1.165) is 79.7 Å². The highest BCUT2D eigenvalue weighted by molar-refractivity contribution is 7.43. The summed E-state index contributed by atoms with van der Waals surface area (Å²) in [4.78, 5) is 0. The van der Waals surface area contributed by atoms with E-state index in [9.17, 15) is 0 Å². The second-order valence-electron chi connectivity index (χ2n) is 20.4. The first-order chi connectivity index (χ1) is 32.3. The first kappa shape index (κ1) is 52.0. The van der Waals surface area contributed by atoms with E-state index in [-0.39, 0.29) is 11.8 Å². The third-order valence-electron chi connectivity index (χ3n) is 14.6. The molecule has 0 aromatic heterocycles. The van der Waals surface area contributed by atoms with Gasteiger partial charge in [0.1, 0.15) is 17.2 Å². The standard InChI is InChI=1S/C63H85O3P/c1-14-22-43(8)50-34-52-38-57(47(12)26-18-5)62(40-59(52)55(36-50)45(10)24-16-3)65-67(64-61-29-21-20-28-54(61)49-32-30-42(7)31-33-49)66-63-41-60-53(39-58(63)48(13)27-19-6)35-51(44(9)23-15-2)37-56(60)46(11)25-17-4/h20-21,28-41,43-48H,14-19,22-27H2,1-13H3. The molecule has 6 atom stereocenters. The van der Waals surface area contributed by atoms with Gasteiger partial charge in [0.05, 0.1) is 0 Å². The van der Waals surface area contributed by atoms with E-state index in [0.29, 0.717) is 23.7 Å². The molecule has 6 rings (SSSR count). The summed E-state index contributed by atoms with van der Waals surface area (Å²) < 4.78 is 22.2. The SMILES string of the molecule is CCCC(C)c1cc(C(C)CCC)c2cc(OP(Oc3ccccc3-c3ccc(C)cc3)Oc3cc4c(C(C)CCC)cc(C(C)CCC)cc4cc3C(C)CCC)c(C(C)CCC)cc2c1. The lowest BCUT2D eigenvalue weighted by Gasteiger charge is -2.26. The molecule has 360 valence electrons. The van der Waals surface area contributed by atoms with Crippen molar-refractivity contribution >= 4 is 30.1 Å². The monoisotopic (exact) mass is 921 g/mol. The van der Waals surface area contributed by atoms with Crippen molar-refractivity contribution < 1.29 is 13.6 Å². The molecule has 0 saturated carbocycles. The molecule has 6 aromatic carbocycles. The largest absolute Gasteiger partial charge is 0.530 e. The van der Waals surface area contributed by atoms with E-state index in [1.54, 1.807) is 0 Å². The topological polar surface area (TPSA) is 27.7 Å². The molecule has 4 heteroatoms. The number of aryl methyl sites for hydroxylation is 1. The van der Waals surface area contributed by atoms with Crippen molar-refractivity contribution in [3.63, 3.8) is 0 Å². The fraction of sp³-hybridized carbons (Fsp3) is 0.492. The first-order valence-electron chi connectivity index (χ1n) is 26.6. The van der Waals surface area contributed by atoms with E-state index in [2.05, 4.69) is 187 Å². The van der Waals surface area contributed by atoms with E-state index >= 15 is 0 Å². The van der Waals surface area contributed by atoms with Crippen LogP contribution in [-0.4, -0.2) is 0 Å². The van der Waals surface area contributed by atoms with Gasteiger partial charge in [0.25, 0.3) is 0 Å². The average Bonchev–Trinajstić information content (AvgIpc) is 3.31. The Hall–Kier alpha value is -4.33. The highest BCUT2D eigenvalue weighted by Gasteiger charge is 2.29. The van der Waals surface area contributed by atoms with Gasteiger partial charge in [0.2, 0.25) is 0 Å². The van der Waals surface area contributed by atoms with Crippen LogP contribution in [0.25, 0.3) is 32.7 Å². The summed E-state index contributed by atoms with van der Waals surface area (Å²) in [5.74, 6) is 4.87. The van der Waals surface area contributed by atoms with Crippen LogP contribution in [0.2, 0.25) is 0 Å². The zero-order valence-electron chi connectivity index (χ0n) is 43.9. The third kappa shape index (κ3) is 12.9. The number of benzene rings is 6. The molecule has 0 bridgehead atoms. The summed E-state index contributed by atoms with van der Waals surface area (Å²) in [6.45, 7) is 30.3. The maximum absolute atomic E-state index is 7.47. The minimum Gasteiger partial charge on any atom is -0.408 e. The second-order valence-corrected chi connectivity index (χ2v) is 21.4. The molecule has 6 aromatic rings. The molecule has 0 spiro atoms. The van der Waals surface area contributed by atoms with Gasteiger partial charge in [-0.25, -0.2) is 0 Å². The molecule has 0 heterocycles. The zero-order valence-corrected chi connectivity index (χ0v) is 44.8. The quantitative estimate of drug-likeness (QED) is 0.0536. The molecule has 67 heavy (non-hydrogen) atoms. The van der Waals surface area contributed by atoms with Crippen LogP contribution in [0.4, 0.5) is 0 Å². The molecule has 0 aliphatic carbocycles. The van der Waals surface area contributed by atoms with Gasteiger partial charge < -0.3 is 13.6 Å². The van der Waals surface area contributed by atoms with Gasteiger partial charge in [-0.15, -0.1) is 0 Å². The van der Waals surface area contributed by atoms with Crippen LogP contribution in [0.5, 0.6) is 17.2 Å². The molecule has 0 amide bonds. The van der Waals surface area contributed by atoms with Gasteiger partial charge in [-0.2, -0.15) is 0 Å². The summed E-state index contributed by atoms with van der Waals surface area (Å²) in [5, 5.41) is 5.17. The lowest BCUT2D eigenvalue weighted by atomic mass is 9.84. The molecule has 0 fully saturated rings. The molecule has 6 unspecified atom stereocenters. The maximum Gasteiger partial charge on any atom is 0.530 e. The minimum atomic E-state index is -2.02. The third-order valence-corrected chi connectivity index (χ3v) is 15.7. The van der Waals surface area contributed by atoms with Crippen LogP contribution in [0.1, 0.15) is 235 Å². The lowest BCUT2D eigenvalue weighted by molar-refractivity contribution is 0.383. The van der Waals surface area contributed by atoms with Crippen molar-refractivity contribution in [1.82, 2.24) is 0 Å². The maximum atomic E-state index is 7.47. The van der Waals surface area contributed by atoms with Gasteiger partial charge in [0.15, 0.2) is 0 Å². The van der Waals surface area contributed by atoms with Crippen molar-refractivity contribution in [3.05, 3.63) is 136 Å². The first-order valence-corrected chi connectivity index (χ1v) is 27.7. The van der Waals surface area contributed by atoms with Crippen molar-refractivity contribution in [3.8, 4) is 28.4 Å². The van der Waals surface area contributed by atoms with Gasteiger partial charge in [-0.1, -0.05) is 194 Å². The summed E-state index contributed by atoms with van der Waals surface area (Å²) in [6.07, 6.45) is 13.6.